The molecule has 298 valence electrons. The monoisotopic (exact) mass is 768 g/mol. The fraction of sp³-hybridized carbons (Fsp3) is 0.532. The molecule has 10 nitrogen and oxygen atoms in total. The molecular weight excluding hydrogens is 713 g/mol. The number of benzene rings is 3. The summed E-state index contributed by atoms with van der Waals surface area (Å²) in [7, 11) is 0. The van der Waals surface area contributed by atoms with E-state index >= 15 is 0 Å². The van der Waals surface area contributed by atoms with E-state index in [1.54, 1.807) is 0 Å². The molecule has 4 fully saturated rings. The van der Waals surface area contributed by atoms with Crippen molar-refractivity contribution < 1.29 is 19.1 Å². The van der Waals surface area contributed by atoms with Crippen LogP contribution in [0.25, 0.3) is 44.2 Å². The molecule has 10 rings (SSSR count). The van der Waals surface area contributed by atoms with Gasteiger partial charge in [-0.05, 0) is 136 Å². The number of imidazole rings is 2. The van der Waals surface area contributed by atoms with Crippen molar-refractivity contribution in [1.82, 2.24) is 29.7 Å². The number of carbonyl (C=O) groups excluding carboxylic acids is 2. The van der Waals surface area contributed by atoms with E-state index in [-0.39, 0.29) is 36.0 Å². The third kappa shape index (κ3) is 6.86. The lowest BCUT2D eigenvalue weighted by Crippen LogP contribution is -2.37. The van der Waals surface area contributed by atoms with Gasteiger partial charge < -0.3 is 29.2 Å². The second-order valence-corrected chi connectivity index (χ2v) is 17.7. The molecule has 4 atom stereocenters. The normalized spacial score (nSPS) is 24.6. The smallest absolute Gasteiger partial charge is 0.223 e. The highest BCUT2D eigenvalue weighted by atomic mass is 16.5. The van der Waals surface area contributed by atoms with Crippen LogP contribution in [0.4, 0.5) is 0 Å². The van der Waals surface area contributed by atoms with Gasteiger partial charge >= 0.3 is 0 Å². The molecule has 4 aliphatic heterocycles. The molecule has 0 unspecified atom stereocenters. The van der Waals surface area contributed by atoms with Crippen LogP contribution in [0.3, 0.4) is 0 Å². The van der Waals surface area contributed by atoms with Crippen LogP contribution in [0, 0.1) is 11.8 Å². The standard InChI is InChI=1S/C47H56N6O4/c1-28-6-14-41(52(28)43(54)24-30-16-20-56-21-17-30)46-48-27-40(50-46)38-12-11-34(36-4-3-5-37(36)38)32-8-10-35-33(26-32)9-13-39-45(35)51-47(49-39)42-15-7-29(2)53(42)44(55)25-31-18-22-57-23-19-31/h8-13,26-31,41-42H,3-7,14-25H2,1-2H3,(H,48,50)(H,49,51)/t28-,29-,41-,42-/m0/s1. The fourth-order valence-electron chi connectivity index (χ4n) is 11.0. The minimum Gasteiger partial charge on any atom is -0.381 e. The van der Waals surface area contributed by atoms with Gasteiger partial charge in [0.2, 0.25) is 11.8 Å². The molecule has 0 saturated carbocycles. The van der Waals surface area contributed by atoms with Gasteiger partial charge in [0.05, 0.1) is 35.0 Å². The largest absolute Gasteiger partial charge is 0.381 e. The van der Waals surface area contributed by atoms with Gasteiger partial charge in [-0.2, -0.15) is 0 Å². The van der Waals surface area contributed by atoms with Gasteiger partial charge in [0.1, 0.15) is 11.6 Å². The predicted octanol–water partition coefficient (Wildman–Crippen LogP) is 9.00. The molecule has 4 saturated heterocycles. The lowest BCUT2D eigenvalue weighted by Gasteiger charge is -2.30. The maximum absolute atomic E-state index is 13.7. The highest BCUT2D eigenvalue weighted by Crippen LogP contribution is 2.43. The zero-order valence-corrected chi connectivity index (χ0v) is 33.5. The van der Waals surface area contributed by atoms with E-state index in [4.69, 9.17) is 19.4 Å². The van der Waals surface area contributed by atoms with E-state index in [1.165, 1.54) is 33.2 Å². The molecule has 10 heteroatoms. The van der Waals surface area contributed by atoms with Gasteiger partial charge in [-0.1, -0.05) is 30.3 Å². The minimum absolute atomic E-state index is 0.00613. The maximum atomic E-state index is 13.7. The topological polar surface area (TPSA) is 116 Å². The molecule has 2 amide bonds. The second kappa shape index (κ2) is 15.3. The molecule has 1 aliphatic carbocycles. The summed E-state index contributed by atoms with van der Waals surface area (Å²) in [4.78, 5) is 49.0. The van der Waals surface area contributed by atoms with Crippen molar-refractivity contribution in [2.24, 2.45) is 11.8 Å². The molecule has 2 N–H and O–H groups in total. The van der Waals surface area contributed by atoms with Crippen LogP contribution in [0.5, 0.6) is 0 Å². The molecule has 2 aromatic heterocycles. The van der Waals surface area contributed by atoms with Crippen LogP contribution in [0.1, 0.15) is 119 Å². The molecular formula is C47H56N6O4. The Morgan fingerprint density at radius 2 is 1.32 bits per heavy atom. The van der Waals surface area contributed by atoms with Crippen molar-refractivity contribution in [2.75, 3.05) is 26.4 Å². The molecule has 0 spiro atoms. The first-order chi connectivity index (χ1) is 27.9. The van der Waals surface area contributed by atoms with Gasteiger partial charge in [-0.25, -0.2) is 9.97 Å². The van der Waals surface area contributed by atoms with Gasteiger partial charge in [-0.15, -0.1) is 0 Å². The maximum Gasteiger partial charge on any atom is 0.223 e. The van der Waals surface area contributed by atoms with E-state index in [0.717, 1.165) is 131 Å². The Hall–Kier alpha value is -4.54. The average molecular weight is 769 g/mol. The van der Waals surface area contributed by atoms with Crippen LogP contribution < -0.4 is 0 Å². The summed E-state index contributed by atoms with van der Waals surface area (Å²) < 4.78 is 11.1. The predicted molar refractivity (Wildman–Crippen MR) is 222 cm³/mol. The molecule has 5 aliphatic rings. The zero-order chi connectivity index (χ0) is 38.6. The van der Waals surface area contributed by atoms with Gasteiger partial charge in [0.25, 0.3) is 0 Å². The van der Waals surface area contributed by atoms with E-state index in [1.807, 2.05) is 6.20 Å². The average Bonchev–Trinajstić information content (AvgIpc) is 4.08. The number of nitrogens with one attached hydrogen (secondary N) is 2. The summed E-state index contributed by atoms with van der Waals surface area (Å²) in [6, 6.07) is 16.1. The van der Waals surface area contributed by atoms with Gasteiger partial charge in [0, 0.05) is 62.3 Å². The summed E-state index contributed by atoms with van der Waals surface area (Å²) in [6.45, 7) is 7.41. The van der Waals surface area contributed by atoms with Gasteiger partial charge in [-0.3, -0.25) is 9.59 Å². The first kappa shape index (κ1) is 36.8. The number of nitrogens with zero attached hydrogens (tertiary/aromatic N) is 4. The molecule has 0 bridgehead atoms. The third-order valence-electron chi connectivity index (χ3n) is 14.1. The van der Waals surface area contributed by atoms with E-state index in [9.17, 15) is 9.59 Å². The van der Waals surface area contributed by atoms with Crippen molar-refractivity contribution in [2.45, 2.75) is 121 Å². The van der Waals surface area contributed by atoms with Crippen molar-refractivity contribution in [3.05, 3.63) is 71.4 Å². The fourth-order valence-corrected chi connectivity index (χ4v) is 11.0. The number of hydrogen-bond acceptors (Lipinski definition) is 6. The first-order valence-corrected chi connectivity index (χ1v) is 21.8. The van der Waals surface area contributed by atoms with Crippen LogP contribution in [-0.4, -0.2) is 80.1 Å². The van der Waals surface area contributed by atoms with Crippen molar-refractivity contribution in [1.29, 1.82) is 0 Å². The number of likely N-dealkylation sites (tertiary alicyclic amines) is 2. The van der Waals surface area contributed by atoms with Crippen molar-refractivity contribution in [3.8, 4) is 22.4 Å². The number of aromatic nitrogens is 4. The molecule has 0 radical (unpaired) electrons. The Kier molecular flexibility index (Phi) is 9.89. The van der Waals surface area contributed by atoms with Crippen molar-refractivity contribution in [3.63, 3.8) is 0 Å². The molecule has 3 aromatic carbocycles. The highest BCUT2D eigenvalue weighted by Gasteiger charge is 2.39. The number of ether oxygens (including phenoxy) is 2. The third-order valence-corrected chi connectivity index (χ3v) is 14.1. The Balaban J connectivity index is 0.897. The van der Waals surface area contributed by atoms with E-state index in [2.05, 4.69) is 76.1 Å². The molecule has 6 heterocycles. The number of fused-ring (bicyclic) bond motifs is 4. The number of aromatic amines is 2. The van der Waals surface area contributed by atoms with Crippen LogP contribution >= 0.6 is 0 Å². The number of hydrogen-bond donors (Lipinski definition) is 2. The van der Waals surface area contributed by atoms with Crippen LogP contribution in [0.15, 0.2) is 48.7 Å². The zero-order valence-electron chi connectivity index (χ0n) is 33.5. The molecule has 57 heavy (non-hydrogen) atoms. The lowest BCUT2D eigenvalue weighted by atomic mass is 9.91. The van der Waals surface area contributed by atoms with Crippen molar-refractivity contribution >= 4 is 33.6 Å². The summed E-state index contributed by atoms with van der Waals surface area (Å²) in [5.41, 5.74) is 9.61. The van der Waals surface area contributed by atoms with Crippen LogP contribution in [-0.2, 0) is 31.9 Å². The number of H-pyrrole nitrogens is 2. The van der Waals surface area contributed by atoms with E-state index in [0.29, 0.717) is 24.7 Å². The SMILES string of the molecule is C[C@H]1CC[C@@H](c2ncc(-c3ccc(-c4ccc5c(ccc6[nH]c([C@@H]7CC[C@H](C)N7C(=O)CC7CCOCC7)nc65)c4)c4c3CCC4)[nH]2)N1C(=O)CC1CCOCC1. The Morgan fingerprint density at radius 3 is 1.98 bits per heavy atom. The Morgan fingerprint density at radius 1 is 0.702 bits per heavy atom. The highest BCUT2D eigenvalue weighted by molar-refractivity contribution is 6.05. The quantitative estimate of drug-likeness (QED) is 0.163. The number of rotatable bonds is 8. The number of amides is 2. The molecule has 5 aromatic rings. The summed E-state index contributed by atoms with van der Waals surface area (Å²) in [5, 5.41) is 2.30. The van der Waals surface area contributed by atoms with E-state index < -0.39 is 0 Å². The minimum atomic E-state index is -0.0218. The summed E-state index contributed by atoms with van der Waals surface area (Å²) >= 11 is 0. The Labute approximate surface area is 335 Å². The Bertz CT molecular complexity index is 2300. The first-order valence-electron chi connectivity index (χ1n) is 21.8. The second-order valence-electron chi connectivity index (χ2n) is 17.7. The number of carbonyl (C=O) groups is 2. The summed E-state index contributed by atoms with van der Waals surface area (Å²) in [6.07, 6.45) is 14.2. The summed E-state index contributed by atoms with van der Waals surface area (Å²) in [5.74, 6) is 3.14. The van der Waals surface area contributed by atoms with Gasteiger partial charge in [0.15, 0.2) is 0 Å². The lowest BCUT2D eigenvalue weighted by molar-refractivity contribution is -0.136. The van der Waals surface area contributed by atoms with Crippen LogP contribution in [0.2, 0.25) is 0 Å².